The number of aromatic hydroxyl groups is 1. The minimum absolute atomic E-state index is 0.207. The summed E-state index contributed by atoms with van der Waals surface area (Å²) >= 11 is 3.60. The number of hydrogen-bond acceptors (Lipinski definition) is 3. The van der Waals surface area contributed by atoms with Crippen molar-refractivity contribution in [2.75, 3.05) is 0 Å². The van der Waals surface area contributed by atoms with Crippen LogP contribution in [0.1, 0.15) is 17.0 Å². The van der Waals surface area contributed by atoms with Crippen molar-refractivity contribution in [1.29, 1.82) is 5.26 Å². The number of furan rings is 1. The van der Waals surface area contributed by atoms with Gasteiger partial charge in [0.15, 0.2) is 0 Å². The lowest BCUT2D eigenvalue weighted by Crippen LogP contribution is -1.93. The zero-order valence-electron chi connectivity index (χ0n) is 13.0. The van der Waals surface area contributed by atoms with Crippen LogP contribution in [0.5, 0.6) is 5.75 Å². The molecule has 0 aliphatic heterocycles. The Hall–Kier alpha value is -2.45. The van der Waals surface area contributed by atoms with E-state index in [9.17, 15) is 10.4 Å². The Kier molecular flexibility index (Phi) is 3.78. The summed E-state index contributed by atoms with van der Waals surface area (Å²) in [6.45, 7) is 3.86. The van der Waals surface area contributed by atoms with E-state index >= 15 is 0 Å². The van der Waals surface area contributed by atoms with Gasteiger partial charge in [-0.25, -0.2) is 0 Å². The van der Waals surface area contributed by atoms with Gasteiger partial charge < -0.3 is 14.1 Å². The molecule has 3 aromatic rings. The van der Waals surface area contributed by atoms with E-state index in [-0.39, 0.29) is 5.75 Å². The lowest BCUT2D eigenvalue weighted by molar-refractivity contribution is 0.475. The number of phenolic OH excluding ortho intramolecular Hbond substituents is 1. The van der Waals surface area contributed by atoms with Crippen molar-refractivity contribution in [3.8, 4) is 34.1 Å². The first kappa shape index (κ1) is 15.4. The van der Waals surface area contributed by atoms with E-state index in [1.165, 1.54) is 0 Å². The highest BCUT2D eigenvalue weighted by Crippen LogP contribution is 2.44. The molecule has 1 N–H and O–H groups in total. The topological polar surface area (TPSA) is 62.1 Å². The zero-order chi connectivity index (χ0) is 16.7. The number of hydrogen-bond donors (Lipinski definition) is 1. The summed E-state index contributed by atoms with van der Waals surface area (Å²) in [7, 11) is 1.85. The quantitative estimate of drug-likeness (QED) is 0.696. The first-order valence-electron chi connectivity index (χ1n) is 7.08. The largest absolute Gasteiger partial charge is 0.508 e. The van der Waals surface area contributed by atoms with E-state index in [4.69, 9.17) is 4.42 Å². The van der Waals surface area contributed by atoms with Crippen molar-refractivity contribution in [1.82, 2.24) is 4.57 Å². The van der Waals surface area contributed by atoms with E-state index < -0.39 is 0 Å². The van der Waals surface area contributed by atoms with Gasteiger partial charge in [0.05, 0.1) is 10.9 Å². The molecule has 0 saturated heterocycles. The molecule has 2 aromatic heterocycles. The third-order valence-electron chi connectivity index (χ3n) is 3.99. The number of aromatic nitrogens is 1. The maximum Gasteiger partial charge on any atom is 0.129 e. The number of benzene rings is 1. The van der Waals surface area contributed by atoms with Crippen LogP contribution >= 0.6 is 15.9 Å². The molecular formula is C18H15BrN2O2. The Morgan fingerprint density at radius 1 is 1.13 bits per heavy atom. The minimum Gasteiger partial charge on any atom is -0.508 e. The van der Waals surface area contributed by atoms with E-state index in [0.29, 0.717) is 5.69 Å². The van der Waals surface area contributed by atoms with Gasteiger partial charge in [-0.1, -0.05) is 12.1 Å². The second-order valence-electron chi connectivity index (χ2n) is 5.46. The summed E-state index contributed by atoms with van der Waals surface area (Å²) in [4.78, 5) is 0. The number of aryl methyl sites for hydroxylation is 2. The molecule has 0 aliphatic rings. The highest BCUT2D eigenvalue weighted by atomic mass is 79.9. The molecule has 0 saturated carbocycles. The molecule has 0 unspecified atom stereocenters. The predicted molar refractivity (Wildman–Crippen MR) is 92.1 cm³/mol. The van der Waals surface area contributed by atoms with E-state index in [1.54, 1.807) is 18.4 Å². The molecule has 0 aliphatic carbocycles. The van der Waals surface area contributed by atoms with E-state index in [2.05, 4.69) is 22.0 Å². The molecule has 0 atom stereocenters. The van der Waals surface area contributed by atoms with Crippen molar-refractivity contribution in [3.05, 3.63) is 52.1 Å². The number of nitrogens with zero attached hydrogens (tertiary/aromatic N) is 2. The van der Waals surface area contributed by atoms with Crippen molar-refractivity contribution < 1.29 is 9.52 Å². The van der Waals surface area contributed by atoms with Crippen LogP contribution in [0.4, 0.5) is 0 Å². The molecule has 0 radical (unpaired) electrons. The molecule has 23 heavy (non-hydrogen) atoms. The minimum atomic E-state index is 0.207. The molecule has 3 rings (SSSR count). The summed E-state index contributed by atoms with van der Waals surface area (Å²) in [5, 5.41) is 19.2. The predicted octanol–water partition coefficient (Wildman–Crippen LogP) is 4.91. The van der Waals surface area contributed by atoms with Crippen molar-refractivity contribution in [3.63, 3.8) is 0 Å². The lowest BCUT2D eigenvalue weighted by Gasteiger charge is -2.07. The molecule has 0 fully saturated rings. The normalized spacial score (nSPS) is 10.7. The summed E-state index contributed by atoms with van der Waals surface area (Å²) in [5.74, 6) is 0.982. The average molecular weight is 371 g/mol. The van der Waals surface area contributed by atoms with Crippen LogP contribution in [-0.4, -0.2) is 9.67 Å². The number of nitriles is 1. The van der Waals surface area contributed by atoms with E-state index in [1.807, 2.05) is 37.6 Å². The standard InChI is InChI=1S/C18H15BrN2O2/c1-10-9-23-11(2)15(10)17-14(8-20)21(3)18(19)16(17)12-4-6-13(22)7-5-12/h4-7,9,22H,1-3H3. The molecule has 0 bridgehead atoms. The van der Waals surface area contributed by atoms with Crippen LogP contribution in [0.3, 0.4) is 0 Å². The number of phenols is 1. The molecule has 0 amide bonds. The third kappa shape index (κ3) is 2.36. The second kappa shape index (κ2) is 5.64. The fraction of sp³-hybridized carbons (Fsp3) is 0.167. The number of rotatable bonds is 2. The van der Waals surface area contributed by atoms with Gasteiger partial charge >= 0.3 is 0 Å². The van der Waals surface area contributed by atoms with Gasteiger partial charge in [0.1, 0.15) is 23.3 Å². The van der Waals surface area contributed by atoms with E-state index in [0.717, 1.165) is 38.2 Å². The Balaban J connectivity index is 2.41. The van der Waals surface area contributed by atoms with Crippen molar-refractivity contribution >= 4 is 15.9 Å². The fourth-order valence-corrected chi connectivity index (χ4v) is 3.47. The molecular weight excluding hydrogens is 356 g/mol. The van der Waals surface area contributed by atoms with Gasteiger partial charge in [-0.2, -0.15) is 5.26 Å². The Morgan fingerprint density at radius 2 is 1.78 bits per heavy atom. The fourth-order valence-electron chi connectivity index (χ4n) is 2.87. The summed E-state index contributed by atoms with van der Waals surface area (Å²) < 4.78 is 8.17. The Bertz CT molecular complexity index is 908. The van der Waals surface area contributed by atoms with Crippen LogP contribution in [0.15, 0.2) is 39.5 Å². The second-order valence-corrected chi connectivity index (χ2v) is 6.21. The zero-order valence-corrected chi connectivity index (χ0v) is 14.6. The van der Waals surface area contributed by atoms with Crippen LogP contribution in [-0.2, 0) is 7.05 Å². The van der Waals surface area contributed by atoms with Gasteiger partial charge in [0, 0.05) is 23.7 Å². The Morgan fingerprint density at radius 3 is 2.30 bits per heavy atom. The monoisotopic (exact) mass is 370 g/mol. The highest BCUT2D eigenvalue weighted by Gasteiger charge is 2.25. The highest BCUT2D eigenvalue weighted by molar-refractivity contribution is 9.10. The van der Waals surface area contributed by atoms with Crippen LogP contribution < -0.4 is 0 Å². The van der Waals surface area contributed by atoms with Crippen LogP contribution in [0, 0.1) is 25.2 Å². The number of halogens is 1. The van der Waals surface area contributed by atoms with Gasteiger partial charge in [0.2, 0.25) is 0 Å². The smallest absolute Gasteiger partial charge is 0.129 e. The SMILES string of the molecule is Cc1coc(C)c1-c1c(-c2ccc(O)cc2)c(Br)n(C)c1C#N. The third-order valence-corrected chi connectivity index (χ3v) is 4.92. The van der Waals surface area contributed by atoms with Crippen molar-refractivity contribution in [2.45, 2.75) is 13.8 Å². The summed E-state index contributed by atoms with van der Waals surface area (Å²) in [5.41, 5.74) is 5.16. The average Bonchev–Trinajstić information content (AvgIpc) is 2.98. The van der Waals surface area contributed by atoms with Gasteiger partial charge in [-0.3, -0.25) is 0 Å². The van der Waals surface area contributed by atoms with Crippen LogP contribution in [0.25, 0.3) is 22.3 Å². The van der Waals surface area contributed by atoms with Crippen LogP contribution in [0.2, 0.25) is 0 Å². The lowest BCUT2D eigenvalue weighted by atomic mass is 9.95. The van der Waals surface area contributed by atoms with Gasteiger partial charge in [-0.15, -0.1) is 0 Å². The first-order valence-corrected chi connectivity index (χ1v) is 7.87. The first-order chi connectivity index (χ1) is 11.0. The van der Waals surface area contributed by atoms with Gasteiger partial charge in [-0.05, 0) is 53.0 Å². The summed E-state index contributed by atoms with van der Waals surface area (Å²) in [6, 6.07) is 9.24. The Labute approximate surface area is 142 Å². The maximum absolute atomic E-state index is 9.65. The molecule has 4 nitrogen and oxygen atoms in total. The summed E-state index contributed by atoms with van der Waals surface area (Å²) in [6.07, 6.45) is 1.70. The molecule has 2 heterocycles. The maximum atomic E-state index is 9.65. The molecule has 116 valence electrons. The van der Waals surface area contributed by atoms with Crippen molar-refractivity contribution in [2.24, 2.45) is 7.05 Å². The molecule has 1 aromatic carbocycles. The van der Waals surface area contributed by atoms with Gasteiger partial charge in [0.25, 0.3) is 0 Å². The molecule has 0 spiro atoms. The molecule has 5 heteroatoms.